The molecule has 0 atom stereocenters. The molecule has 3 heterocycles. The number of benzene rings is 1. The number of anilines is 1. The maximum atomic E-state index is 13.4. The second-order valence-corrected chi connectivity index (χ2v) is 12.1. The predicted molar refractivity (Wildman–Crippen MR) is 135 cm³/mol. The van der Waals surface area contributed by atoms with E-state index < -0.39 is 0 Å². The lowest BCUT2D eigenvalue weighted by molar-refractivity contribution is -0.130. The summed E-state index contributed by atoms with van der Waals surface area (Å²) in [4.78, 5) is 46.6. The molecule has 1 aliphatic carbocycles. The normalized spacial score (nSPS) is 18.5. The van der Waals surface area contributed by atoms with E-state index in [1.165, 1.54) is 23.1 Å². The molecule has 2 aliphatic heterocycles. The van der Waals surface area contributed by atoms with E-state index in [4.69, 9.17) is 4.74 Å². The fourth-order valence-corrected chi connectivity index (χ4v) is 6.78. The number of amides is 3. The Hall–Kier alpha value is -2.59. The van der Waals surface area contributed by atoms with Crippen LogP contribution in [0.5, 0.6) is 5.75 Å². The third kappa shape index (κ3) is 4.91. The van der Waals surface area contributed by atoms with E-state index >= 15 is 0 Å². The van der Waals surface area contributed by atoms with E-state index in [2.05, 4.69) is 10.3 Å². The van der Waals surface area contributed by atoms with Gasteiger partial charge in [-0.3, -0.25) is 14.4 Å². The molecule has 186 valence electrons. The van der Waals surface area contributed by atoms with Crippen LogP contribution in [0.15, 0.2) is 27.4 Å². The van der Waals surface area contributed by atoms with Crippen LogP contribution in [0.2, 0.25) is 0 Å². The van der Waals surface area contributed by atoms with E-state index in [1.54, 1.807) is 13.3 Å². The number of aryl methyl sites for hydroxylation is 1. The van der Waals surface area contributed by atoms with Crippen LogP contribution in [-0.2, 0) is 9.59 Å². The molecule has 2 aromatic rings. The number of ether oxygens (including phenoxy) is 1. The first-order chi connectivity index (χ1) is 16.8. The molecule has 1 aromatic carbocycles. The summed E-state index contributed by atoms with van der Waals surface area (Å²) in [6.45, 7) is 6.73. The maximum Gasteiger partial charge on any atom is 0.257 e. The molecule has 1 N–H and O–H groups in total. The summed E-state index contributed by atoms with van der Waals surface area (Å²) in [5.41, 5.74) is 1.58. The third-order valence-electron chi connectivity index (χ3n) is 7.03. The molecule has 2 saturated heterocycles. The molecule has 3 aliphatic rings. The molecule has 35 heavy (non-hydrogen) atoms. The molecule has 3 amide bonds. The van der Waals surface area contributed by atoms with E-state index in [9.17, 15) is 14.4 Å². The van der Waals surface area contributed by atoms with Gasteiger partial charge in [-0.05, 0) is 43.9 Å². The standard InChI is InChI=1S/C25H30N4O4S2/c1-4-20(30)28-8-7-25(12-28)13-29(14-25)23(32)17-10-19(15(2)9-18(17)33-3)34-21-11-26-24(35-21)27-22(31)16-5-6-16/h9-11,16H,4-8,12-14H2,1-3H3,(H,26,27,31). The summed E-state index contributed by atoms with van der Waals surface area (Å²) in [5, 5.41) is 3.49. The number of carbonyl (C=O) groups is 3. The van der Waals surface area contributed by atoms with Crippen molar-refractivity contribution in [2.75, 3.05) is 38.6 Å². The number of hydrogen-bond acceptors (Lipinski definition) is 7. The minimum atomic E-state index is -0.0451. The second kappa shape index (κ2) is 9.46. The lowest BCUT2D eigenvalue weighted by Crippen LogP contribution is -2.59. The first-order valence-electron chi connectivity index (χ1n) is 12.0. The van der Waals surface area contributed by atoms with Crippen LogP contribution in [0.25, 0.3) is 0 Å². The summed E-state index contributed by atoms with van der Waals surface area (Å²) in [6.07, 6.45) is 5.13. The second-order valence-electron chi connectivity index (χ2n) is 9.75. The minimum absolute atomic E-state index is 0.0277. The average molecular weight is 515 g/mol. The van der Waals surface area contributed by atoms with Gasteiger partial charge in [-0.2, -0.15) is 0 Å². The van der Waals surface area contributed by atoms with Gasteiger partial charge in [0.05, 0.1) is 23.1 Å². The topological polar surface area (TPSA) is 91.8 Å². The summed E-state index contributed by atoms with van der Waals surface area (Å²) >= 11 is 2.97. The summed E-state index contributed by atoms with van der Waals surface area (Å²) < 4.78 is 6.50. The number of likely N-dealkylation sites (tertiary alicyclic amines) is 2. The van der Waals surface area contributed by atoms with Crippen molar-refractivity contribution in [2.24, 2.45) is 11.3 Å². The van der Waals surface area contributed by atoms with E-state index in [0.29, 0.717) is 36.0 Å². The zero-order valence-corrected chi connectivity index (χ0v) is 21.9. The molecule has 3 fully saturated rings. The Morgan fingerprint density at radius 1 is 1.23 bits per heavy atom. The number of thiazole rings is 1. The lowest BCUT2D eigenvalue weighted by atomic mass is 9.78. The Bertz CT molecular complexity index is 1170. The van der Waals surface area contributed by atoms with Crippen molar-refractivity contribution in [3.63, 3.8) is 0 Å². The van der Waals surface area contributed by atoms with Gasteiger partial charge in [-0.15, -0.1) is 0 Å². The molecular weight excluding hydrogens is 484 g/mol. The molecule has 5 rings (SSSR count). The largest absolute Gasteiger partial charge is 0.496 e. The number of hydrogen-bond donors (Lipinski definition) is 1. The first kappa shape index (κ1) is 24.1. The predicted octanol–water partition coefficient (Wildman–Crippen LogP) is 4.04. The zero-order chi connectivity index (χ0) is 24.7. The quantitative estimate of drug-likeness (QED) is 0.600. The maximum absolute atomic E-state index is 13.4. The Kier molecular flexibility index (Phi) is 6.52. The van der Waals surface area contributed by atoms with Crippen molar-refractivity contribution in [1.29, 1.82) is 0 Å². The monoisotopic (exact) mass is 514 g/mol. The van der Waals surface area contributed by atoms with Crippen molar-refractivity contribution < 1.29 is 19.1 Å². The van der Waals surface area contributed by atoms with Crippen LogP contribution < -0.4 is 10.1 Å². The van der Waals surface area contributed by atoms with Crippen LogP contribution in [0.4, 0.5) is 5.13 Å². The number of nitrogens with zero attached hydrogens (tertiary/aromatic N) is 3. The van der Waals surface area contributed by atoms with E-state index in [-0.39, 0.29) is 29.1 Å². The number of carbonyl (C=O) groups excluding carboxylic acids is 3. The number of aromatic nitrogens is 1. The first-order valence-corrected chi connectivity index (χ1v) is 13.6. The van der Waals surface area contributed by atoms with Crippen molar-refractivity contribution in [1.82, 2.24) is 14.8 Å². The highest BCUT2D eigenvalue weighted by Gasteiger charge is 2.50. The molecule has 8 nitrogen and oxygen atoms in total. The van der Waals surface area contributed by atoms with Gasteiger partial charge in [0.1, 0.15) is 5.75 Å². The number of methoxy groups -OCH3 is 1. The highest BCUT2D eigenvalue weighted by atomic mass is 32.2. The van der Waals surface area contributed by atoms with Gasteiger partial charge < -0.3 is 19.9 Å². The van der Waals surface area contributed by atoms with Crippen LogP contribution >= 0.6 is 23.1 Å². The van der Waals surface area contributed by atoms with Crippen LogP contribution in [0, 0.1) is 18.3 Å². The van der Waals surface area contributed by atoms with Gasteiger partial charge in [0, 0.05) is 48.8 Å². The van der Waals surface area contributed by atoms with Crippen molar-refractivity contribution in [2.45, 2.75) is 48.6 Å². The smallest absolute Gasteiger partial charge is 0.257 e. The molecule has 0 bridgehead atoms. The van der Waals surface area contributed by atoms with Gasteiger partial charge in [0.2, 0.25) is 11.8 Å². The Morgan fingerprint density at radius 3 is 2.66 bits per heavy atom. The van der Waals surface area contributed by atoms with E-state index in [1.807, 2.05) is 35.8 Å². The molecule has 0 radical (unpaired) electrons. The van der Waals surface area contributed by atoms with Crippen LogP contribution in [0.1, 0.15) is 48.5 Å². The van der Waals surface area contributed by atoms with Crippen molar-refractivity contribution in [3.8, 4) is 5.75 Å². The molecule has 1 spiro atoms. The van der Waals surface area contributed by atoms with E-state index in [0.717, 1.165) is 47.0 Å². The molecule has 10 heteroatoms. The SMILES string of the molecule is CCC(=O)N1CCC2(C1)CN(C(=O)c1cc(Sc3cnc(NC(=O)C4CC4)s3)c(C)cc1OC)C2. The van der Waals surface area contributed by atoms with Crippen molar-refractivity contribution in [3.05, 3.63) is 29.5 Å². The highest BCUT2D eigenvalue weighted by Crippen LogP contribution is 2.43. The fourth-order valence-electron chi connectivity index (χ4n) is 4.84. The molecular formula is C25H30N4O4S2. The Labute approximate surface area is 213 Å². The number of rotatable bonds is 7. The molecule has 1 saturated carbocycles. The van der Waals surface area contributed by atoms with Gasteiger partial charge in [-0.25, -0.2) is 4.98 Å². The molecule has 1 aromatic heterocycles. The minimum Gasteiger partial charge on any atom is -0.496 e. The van der Waals surface area contributed by atoms with Gasteiger partial charge >= 0.3 is 0 Å². The van der Waals surface area contributed by atoms with Crippen LogP contribution in [-0.4, -0.2) is 65.8 Å². The summed E-state index contributed by atoms with van der Waals surface area (Å²) in [5.74, 6) is 0.880. The fraction of sp³-hybridized carbons (Fsp3) is 0.520. The Balaban J connectivity index is 1.27. The summed E-state index contributed by atoms with van der Waals surface area (Å²) in [6, 6.07) is 3.80. The van der Waals surface area contributed by atoms with Gasteiger partial charge in [0.25, 0.3) is 5.91 Å². The highest BCUT2D eigenvalue weighted by molar-refractivity contribution is 8.01. The summed E-state index contributed by atoms with van der Waals surface area (Å²) in [7, 11) is 1.58. The van der Waals surface area contributed by atoms with Gasteiger partial charge in [-0.1, -0.05) is 30.0 Å². The Morgan fingerprint density at radius 2 is 1.97 bits per heavy atom. The van der Waals surface area contributed by atoms with Crippen molar-refractivity contribution >= 4 is 46.0 Å². The van der Waals surface area contributed by atoms with Gasteiger partial charge in [0.15, 0.2) is 5.13 Å². The number of nitrogens with one attached hydrogen (secondary N) is 1. The third-order valence-corrected chi connectivity index (χ3v) is 9.21. The van der Waals surface area contributed by atoms with Crippen LogP contribution in [0.3, 0.4) is 0 Å². The lowest BCUT2D eigenvalue weighted by Gasteiger charge is -2.48. The molecule has 0 unspecified atom stereocenters. The average Bonchev–Trinajstić information content (AvgIpc) is 3.44. The zero-order valence-electron chi connectivity index (χ0n) is 20.3.